The van der Waals surface area contributed by atoms with E-state index in [1.807, 2.05) is 12.2 Å². The first-order valence-electron chi connectivity index (χ1n) is 8.67. The molecule has 0 saturated heterocycles. The Bertz CT molecular complexity index is 1020. The smallest absolute Gasteiger partial charge is 0.0719 e. The van der Waals surface area contributed by atoms with Gasteiger partial charge in [0.25, 0.3) is 0 Å². The van der Waals surface area contributed by atoms with Gasteiger partial charge in [0.1, 0.15) is 0 Å². The van der Waals surface area contributed by atoms with Crippen LogP contribution in [0.2, 0.25) is 0 Å². The molecular weight excluding hydrogens is 300 g/mol. The summed E-state index contributed by atoms with van der Waals surface area (Å²) in [4.78, 5) is 0. The third kappa shape index (κ3) is 1.71. The van der Waals surface area contributed by atoms with Crippen molar-refractivity contribution in [3.63, 3.8) is 0 Å². The first-order chi connectivity index (χ1) is 12.4. The van der Waals surface area contributed by atoms with Crippen LogP contribution in [0.1, 0.15) is 22.3 Å². The molecule has 25 heavy (non-hydrogen) atoms. The van der Waals surface area contributed by atoms with Gasteiger partial charge in [-0.15, -0.1) is 0 Å². The van der Waals surface area contributed by atoms with E-state index in [2.05, 4.69) is 91.5 Å². The summed E-state index contributed by atoms with van der Waals surface area (Å²) in [7, 11) is 0. The third-order valence-corrected chi connectivity index (χ3v) is 5.47. The summed E-state index contributed by atoms with van der Waals surface area (Å²) in [5, 5.41) is 0. The van der Waals surface area contributed by atoms with E-state index in [1.54, 1.807) is 0 Å². The molecule has 0 heteroatoms. The van der Waals surface area contributed by atoms with Gasteiger partial charge >= 0.3 is 0 Å². The maximum Gasteiger partial charge on any atom is 0.0719 e. The minimum atomic E-state index is -0.219. The van der Waals surface area contributed by atoms with Crippen LogP contribution in [0, 0.1) is 0 Å². The predicted octanol–water partition coefficient (Wildman–Crippen LogP) is 6.14. The van der Waals surface area contributed by atoms with Crippen molar-refractivity contribution in [1.82, 2.24) is 0 Å². The Morgan fingerprint density at radius 2 is 1.24 bits per heavy atom. The summed E-state index contributed by atoms with van der Waals surface area (Å²) in [5.41, 5.74) is 9.20. The average Bonchev–Trinajstić information content (AvgIpc) is 3.16. The topological polar surface area (TPSA) is 0 Å². The molecule has 0 nitrogen and oxygen atoms in total. The number of hydrogen-bond donors (Lipinski definition) is 0. The molecule has 118 valence electrons. The molecule has 0 unspecified atom stereocenters. The minimum Gasteiger partial charge on any atom is -0.0991 e. The van der Waals surface area contributed by atoms with E-state index in [0.29, 0.717) is 0 Å². The minimum absolute atomic E-state index is 0.219. The first-order valence-corrected chi connectivity index (χ1v) is 8.67. The molecule has 5 rings (SSSR count). The van der Waals surface area contributed by atoms with Gasteiger partial charge in [0.2, 0.25) is 0 Å². The summed E-state index contributed by atoms with van der Waals surface area (Å²) in [6.45, 7) is 3.86. The van der Waals surface area contributed by atoms with Crippen molar-refractivity contribution in [3.8, 4) is 11.1 Å². The highest BCUT2D eigenvalue weighted by atomic mass is 14.5. The zero-order valence-corrected chi connectivity index (χ0v) is 13.9. The Morgan fingerprint density at radius 1 is 0.680 bits per heavy atom. The maximum atomic E-state index is 3.86. The SMILES string of the molecule is C=C/C=C\C1=Cc2ccccc2C12c1ccccc1-c1ccccc12. The van der Waals surface area contributed by atoms with Crippen LogP contribution in [0.5, 0.6) is 0 Å². The molecular formula is C25H18. The summed E-state index contributed by atoms with van der Waals surface area (Å²) in [6.07, 6.45) is 8.44. The summed E-state index contributed by atoms with van der Waals surface area (Å²) in [5.74, 6) is 0. The van der Waals surface area contributed by atoms with Crippen LogP contribution >= 0.6 is 0 Å². The highest BCUT2D eigenvalue weighted by Crippen LogP contribution is 2.59. The summed E-state index contributed by atoms with van der Waals surface area (Å²) in [6, 6.07) is 26.4. The second kappa shape index (κ2) is 5.19. The van der Waals surface area contributed by atoms with E-state index in [4.69, 9.17) is 0 Å². The summed E-state index contributed by atoms with van der Waals surface area (Å²) < 4.78 is 0. The van der Waals surface area contributed by atoms with Crippen molar-refractivity contribution in [1.29, 1.82) is 0 Å². The zero-order valence-electron chi connectivity index (χ0n) is 13.9. The Hall–Kier alpha value is -3.12. The monoisotopic (exact) mass is 318 g/mol. The number of allylic oxidation sites excluding steroid dienone is 4. The number of hydrogen-bond acceptors (Lipinski definition) is 0. The van der Waals surface area contributed by atoms with Gasteiger partial charge in [0, 0.05) is 0 Å². The van der Waals surface area contributed by atoms with Crippen molar-refractivity contribution in [3.05, 3.63) is 125 Å². The lowest BCUT2D eigenvalue weighted by Gasteiger charge is -2.31. The quantitative estimate of drug-likeness (QED) is 0.498. The molecule has 3 aromatic carbocycles. The molecule has 1 spiro atoms. The summed E-state index contributed by atoms with van der Waals surface area (Å²) >= 11 is 0. The number of benzene rings is 3. The van der Waals surface area contributed by atoms with Gasteiger partial charge in [-0.1, -0.05) is 97.6 Å². The van der Waals surface area contributed by atoms with Gasteiger partial charge in [-0.2, -0.15) is 0 Å². The molecule has 0 aliphatic heterocycles. The van der Waals surface area contributed by atoms with Crippen molar-refractivity contribution >= 4 is 6.08 Å². The van der Waals surface area contributed by atoms with Crippen molar-refractivity contribution < 1.29 is 0 Å². The molecule has 0 heterocycles. The van der Waals surface area contributed by atoms with Gasteiger partial charge in [0.05, 0.1) is 5.41 Å². The molecule has 0 fully saturated rings. The molecule has 0 aromatic heterocycles. The molecule has 0 bridgehead atoms. The maximum absolute atomic E-state index is 3.86. The average molecular weight is 318 g/mol. The van der Waals surface area contributed by atoms with E-state index < -0.39 is 0 Å². The van der Waals surface area contributed by atoms with Crippen molar-refractivity contribution in [2.24, 2.45) is 0 Å². The lowest BCUT2D eigenvalue weighted by Crippen LogP contribution is -2.26. The Morgan fingerprint density at radius 3 is 1.88 bits per heavy atom. The second-order valence-corrected chi connectivity index (χ2v) is 6.62. The first kappa shape index (κ1) is 14.2. The van der Waals surface area contributed by atoms with Gasteiger partial charge in [-0.05, 0) is 45.0 Å². The van der Waals surface area contributed by atoms with Crippen LogP contribution < -0.4 is 0 Å². The normalized spacial score (nSPS) is 15.8. The number of fused-ring (bicyclic) bond motifs is 7. The van der Waals surface area contributed by atoms with Gasteiger partial charge in [0.15, 0.2) is 0 Å². The van der Waals surface area contributed by atoms with Gasteiger partial charge < -0.3 is 0 Å². The molecule has 0 radical (unpaired) electrons. The third-order valence-electron chi connectivity index (χ3n) is 5.47. The lowest BCUT2D eigenvalue weighted by atomic mass is 9.70. The van der Waals surface area contributed by atoms with E-state index in [-0.39, 0.29) is 5.41 Å². The van der Waals surface area contributed by atoms with E-state index in [0.717, 1.165) is 0 Å². The molecule has 2 aliphatic rings. The van der Waals surface area contributed by atoms with Crippen molar-refractivity contribution in [2.75, 3.05) is 0 Å². The van der Waals surface area contributed by atoms with Crippen LogP contribution in [0.4, 0.5) is 0 Å². The predicted molar refractivity (Wildman–Crippen MR) is 106 cm³/mol. The van der Waals surface area contributed by atoms with Crippen LogP contribution in [0.25, 0.3) is 17.2 Å². The second-order valence-electron chi connectivity index (χ2n) is 6.62. The number of rotatable bonds is 2. The Balaban J connectivity index is 1.95. The Labute approximate surface area is 148 Å². The largest absolute Gasteiger partial charge is 0.0991 e. The fraction of sp³-hybridized carbons (Fsp3) is 0.0400. The van der Waals surface area contributed by atoms with Gasteiger partial charge in [-0.3, -0.25) is 0 Å². The molecule has 0 amide bonds. The van der Waals surface area contributed by atoms with Crippen LogP contribution in [0.3, 0.4) is 0 Å². The van der Waals surface area contributed by atoms with Crippen LogP contribution in [-0.2, 0) is 5.41 Å². The lowest BCUT2D eigenvalue weighted by molar-refractivity contribution is 0.787. The highest BCUT2D eigenvalue weighted by molar-refractivity contribution is 5.91. The van der Waals surface area contributed by atoms with E-state index in [9.17, 15) is 0 Å². The molecule has 0 atom stereocenters. The van der Waals surface area contributed by atoms with Crippen molar-refractivity contribution in [2.45, 2.75) is 5.41 Å². The fourth-order valence-corrected chi connectivity index (χ4v) is 4.58. The van der Waals surface area contributed by atoms with Gasteiger partial charge in [-0.25, -0.2) is 0 Å². The van der Waals surface area contributed by atoms with Crippen LogP contribution in [0.15, 0.2) is 103 Å². The molecule has 0 saturated carbocycles. The highest BCUT2D eigenvalue weighted by Gasteiger charge is 2.49. The molecule has 0 N–H and O–H groups in total. The fourth-order valence-electron chi connectivity index (χ4n) is 4.58. The Kier molecular flexibility index (Phi) is 2.96. The standard InChI is InChI=1S/C25H18/c1-2-3-11-19-17-18-10-4-7-14-22(18)25(19)23-15-8-5-12-20(23)21-13-6-9-16-24(21)25/h2-17H,1H2/b11-3-. The molecule has 3 aromatic rings. The van der Waals surface area contributed by atoms with Crippen LogP contribution in [-0.4, -0.2) is 0 Å². The zero-order chi connectivity index (χ0) is 16.9. The molecule has 2 aliphatic carbocycles. The van der Waals surface area contributed by atoms with E-state index >= 15 is 0 Å². The van der Waals surface area contributed by atoms with E-state index in [1.165, 1.54) is 39.0 Å².